The zero-order valence-corrected chi connectivity index (χ0v) is 13.2. The number of aliphatic hydroxyl groups is 1. The summed E-state index contributed by atoms with van der Waals surface area (Å²) < 4.78 is 0. The van der Waals surface area contributed by atoms with E-state index in [1.165, 1.54) is 17.1 Å². The Morgan fingerprint density at radius 1 is 1.16 bits per heavy atom. The summed E-state index contributed by atoms with van der Waals surface area (Å²) in [6, 6.07) is 8.34. The molecule has 1 atom stereocenters. The van der Waals surface area contributed by atoms with Gasteiger partial charge >= 0.3 is 0 Å². The van der Waals surface area contributed by atoms with Crippen LogP contribution in [0.3, 0.4) is 0 Å². The van der Waals surface area contributed by atoms with Crippen LogP contribution >= 0.6 is 11.8 Å². The van der Waals surface area contributed by atoms with Gasteiger partial charge in [-0.1, -0.05) is 32.9 Å². The molecule has 0 aromatic heterocycles. The molecule has 2 N–H and O–H groups in total. The standard InChI is InChI=1S/C16H27NOS/c1-4-17-11-9-16(18)14-5-7-15(8-6-14)19-12-10-13(2)3/h5-8,13,16-18H,4,9-12H2,1-3H3. The number of benzene rings is 1. The Kier molecular flexibility index (Phi) is 8.19. The lowest BCUT2D eigenvalue weighted by Crippen LogP contribution is -2.16. The molecule has 0 amide bonds. The third kappa shape index (κ3) is 7.00. The molecule has 0 saturated carbocycles. The quantitative estimate of drug-likeness (QED) is 0.532. The summed E-state index contributed by atoms with van der Waals surface area (Å²) in [5, 5.41) is 13.3. The van der Waals surface area contributed by atoms with Crippen LogP contribution in [0, 0.1) is 5.92 Å². The van der Waals surface area contributed by atoms with Gasteiger partial charge in [0.2, 0.25) is 0 Å². The fraction of sp³-hybridized carbons (Fsp3) is 0.625. The van der Waals surface area contributed by atoms with Crippen LogP contribution < -0.4 is 5.32 Å². The molecule has 1 aromatic carbocycles. The molecule has 0 spiro atoms. The van der Waals surface area contributed by atoms with E-state index in [2.05, 4.69) is 38.2 Å². The molecule has 2 nitrogen and oxygen atoms in total. The van der Waals surface area contributed by atoms with E-state index in [1.54, 1.807) is 0 Å². The predicted octanol–water partition coefficient (Wildman–Crippen LogP) is 3.86. The Balaban J connectivity index is 2.37. The Hall–Kier alpha value is -0.510. The second-order valence-electron chi connectivity index (χ2n) is 5.26. The van der Waals surface area contributed by atoms with Crippen molar-refractivity contribution in [2.24, 2.45) is 5.92 Å². The van der Waals surface area contributed by atoms with Crippen molar-refractivity contribution in [3.63, 3.8) is 0 Å². The van der Waals surface area contributed by atoms with Crippen molar-refractivity contribution < 1.29 is 5.11 Å². The average molecular weight is 281 g/mol. The number of aliphatic hydroxyl groups excluding tert-OH is 1. The third-order valence-corrected chi connectivity index (χ3v) is 4.12. The SMILES string of the molecule is CCNCCC(O)c1ccc(SCCC(C)C)cc1. The molecule has 0 bridgehead atoms. The minimum Gasteiger partial charge on any atom is -0.388 e. The Labute approximate surface area is 122 Å². The van der Waals surface area contributed by atoms with Crippen LogP contribution in [-0.2, 0) is 0 Å². The highest BCUT2D eigenvalue weighted by Gasteiger charge is 2.06. The topological polar surface area (TPSA) is 32.3 Å². The normalized spacial score (nSPS) is 12.9. The molecule has 3 heteroatoms. The number of nitrogens with one attached hydrogen (secondary N) is 1. The molecule has 1 unspecified atom stereocenters. The van der Waals surface area contributed by atoms with Gasteiger partial charge < -0.3 is 10.4 Å². The van der Waals surface area contributed by atoms with Gasteiger partial charge in [0, 0.05) is 4.90 Å². The predicted molar refractivity (Wildman–Crippen MR) is 84.7 cm³/mol. The maximum absolute atomic E-state index is 10.0. The highest BCUT2D eigenvalue weighted by molar-refractivity contribution is 7.99. The first-order chi connectivity index (χ1) is 9.13. The lowest BCUT2D eigenvalue weighted by atomic mass is 10.1. The summed E-state index contributed by atoms with van der Waals surface area (Å²) >= 11 is 1.90. The monoisotopic (exact) mass is 281 g/mol. The van der Waals surface area contributed by atoms with Crippen LogP contribution in [0.15, 0.2) is 29.2 Å². The molecule has 1 rings (SSSR count). The second kappa shape index (κ2) is 9.40. The van der Waals surface area contributed by atoms with Gasteiger partial charge in [0.05, 0.1) is 6.10 Å². The fourth-order valence-corrected chi connectivity index (χ4v) is 2.93. The smallest absolute Gasteiger partial charge is 0.0802 e. The molecule has 0 aliphatic rings. The molecule has 1 aromatic rings. The van der Waals surface area contributed by atoms with Gasteiger partial charge in [-0.15, -0.1) is 11.8 Å². The Bertz CT molecular complexity index is 337. The molecule has 108 valence electrons. The van der Waals surface area contributed by atoms with Crippen molar-refractivity contribution in [3.05, 3.63) is 29.8 Å². The highest BCUT2D eigenvalue weighted by atomic mass is 32.2. The summed E-state index contributed by atoms with van der Waals surface area (Å²) in [6.45, 7) is 8.41. The first kappa shape index (κ1) is 16.5. The summed E-state index contributed by atoms with van der Waals surface area (Å²) in [5.74, 6) is 1.93. The van der Waals surface area contributed by atoms with Crippen molar-refractivity contribution in [1.29, 1.82) is 0 Å². The van der Waals surface area contributed by atoms with E-state index < -0.39 is 0 Å². The second-order valence-corrected chi connectivity index (χ2v) is 6.43. The number of hydrogen-bond donors (Lipinski definition) is 2. The van der Waals surface area contributed by atoms with Crippen molar-refractivity contribution in [1.82, 2.24) is 5.32 Å². The first-order valence-electron chi connectivity index (χ1n) is 7.25. The van der Waals surface area contributed by atoms with E-state index in [4.69, 9.17) is 0 Å². The van der Waals surface area contributed by atoms with Crippen molar-refractivity contribution >= 4 is 11.8 Å². The van der Waals surface area contributed by atoms with Crippen LogP contribution in [0.2, 0.25) is 0 Å². The number of thioether (sulfide) groups is 1. The van der Waals surface area contributed by atoms with Crippen LogP contribution in [-0.4, -0.2) is 23.9 Å². The Morgan fingerprint density at radius 2 is 1.84 bits per heavy atom. The molecule has 0 heterocycles. The first-order valence-corrected chi connectivity index (χ1v) is 8.23. The molecule has 19 heavy (non-hydrogen) atoms. The molecule has 0 radical (unpaired) electrons. The Morgan fingerprint density at radius 3 is 2.42 bits per heavy atom. The maximum atomic E-state index is 10.0. The van der Waals surface area contributed by atoms with E-state index in [-0.39, 0.29) is 6.10 Å². The molecule has 0 saturated heterocycles. The minimum absolute atomic E-state index is 0.353. The largest absolute Gasteiger partial charge is 0.388 e. The van der Waals surface area contributed by atoms with Crippen molar-refractivity contribution in [2.45, 2.75) is 44.6 Å². The van der Waals surface area contributed by atoms with Crippen LogP contribution in [0.25, 0.3) is 0 Å². The number of rotatable bonds is 9. The number of hydrogen-bond acceptors (Lipinski definition) is 3. The average Bonchev–Trinajstić information content (AvgIpc) is 2.39. The van der Waals surface area contributed by atoms with E-state index in [0.29, 0.717) is 0 Å². The van der Waals surface area contributed by atoms with Gasteiger partial charge in [-0.2, -0.15) is 0 Å². The zero-order valence-electron chi connectivity index (χ0n) is 12.4. The maximum Gasteiger partial charge on any atom is 0.0802 e. The van der Waals surface area contributed by atoms with Gasteiger partial charge in [-0.05, 0) is 55.3 Å². The van der Waals surface area contributed by atoms with Gasteiger partial charge in [0.25, 0.3) is 0 Å². The lowest BCUT2D eigenvalue weighted by molar-refractivity contribution is 0.167. The van der Waals surface area contributed by atoms with E-state index in [1.807, 2.05) is 23.9 Å². The highest BCUT2D eigenvalue weighted by Crippen LogP contribution is 2.23. The molecular weight excluding hydrogens is 254 g/mol. The van der Waals surface area contributed by atoms with Gasteiger partial charge in [-0.3, -0.25) is 0 Å². The van der Waals surface area contributed by atoms with E-state index >= 15 is 0 Å². The zero-order chi connectivity index (χ0) is 14.1. The summed E-state index contributed by atoms with van der Waals surface area (Å²) in [7, 11) is 0. The van der Waals surface area contributed by atoms with Gasteiger partial charge in [0.1, 0.15) is 0 Å². The molecule has 0 aliphatic carbocycles. The summed E-state index contributed by atoms with van der Waals surface area (Å²) in [4.78, 5) is 1.29. The van der Waals surface area contributed by atoms with E-state index in [0.717, 1.165) is 31.0 Å². The molecular formula is C16H27NOS. The van der Waals surface area contributed by atoms with Gasteiger partial charge in [-0.25, -0.2) is 0 Å². The van der Waals surface area contributed by atoms with Gasteiger partial charge in [0.15, 0.2) is 0 Å². The molecule has 0 fully saturated rings. The van der Waals surface area contributed by atoms with Crippen molar-refractivity contribution in [3.8, 4) is 0 Å². The third-order valence-electron chi connectivity index (χ3n) is 3.07. The minimum atomic E-state index is -0.353. The van der Waals surface area contributed by atoms with Crippen LogP contribution in [0.1, 0.15) is 45.3 Å². The fourth-order valence-electron chi connectivity index (χ4n) is 1.78. The van der Waals surface area contributed by atoms with Crippen LogP contribution in [0.4, 0.5) is 0 Å². The van der Waals surface area contributed by atoms with Crippen LogP contribution in [0.5, 0.6) is 0 Å². The summed E-state index contributed by atoms with van der Waals surface area (Å²) in [5.41, 5.74) is 1.02. The lowest BCUT2D eigenvalue weighted by Gasteiger charge is -2.12. The van der Waals surface area contributed by atoms with Crippen molar-refractivity contribution in [2.75, 3.05) is 18.8 Å². The van der Waals surface area contributed by atoms with E-state index in [9.17, 15) is 5.11 Å². The summed E-state index contributed by atoms with van der Waals surface area (Å²) in [6.07, 6.45) is 1.67. The molecule has 0 aliphatic heterocycles.